The summed E-state index contributed by atoms with van der Waals surface area (Å²) in [5, 5.41) is 7.71. The van der Waals surface area contributed by atoms with Gasteiger partial charge in [0.25, 0.3) is 0 Å². The van der Waals surface area contributed by atoms with Crippen LogP contribution in [0.1, 0.15) is 48.9 Å². The molecule has 284 valence electrons. The van der Waals surface area contributed by atoms with E-state index in [4.69, 9.17) is 0 Å². The lowest BCUT2D eigenvalue weighted by molar-refractivity contribution is 0.662. The number of fused-ring (bicyclic) bond motifs is 8. The molecular weight excluding hydrogens is 713 g/mol. The minimum atomic E-state index is -0.168. The number of aryl methyl sites for hydroxylation is 2. The van der Waals surface area contributed by atoms with Gasteiger partial charge in [-0.25, -0.2) is 0 Å². The number of nitrogens with zero attached hydrogens (tertiary/aromatic N) is 2. The van der Waals surface area contributed by atoms with E-state index in [1.54, 1.807) is 0 Å². The molecule has 0 bridgehead atoms. The third-order valence-electron chi connectivity index (χ3n) is 13.8. The highest BCUT2D eigenvalue weighted by molar-refractivity contribution is 6.23. The molecule has 12 rings (SSSR count). The number of hydrogen-bond donors (Lipinski definition) is 0. The summed E-state index contributed by atoms with van der Waals surface area (Å²) in [6.45, 7) is 6.87. The molecule has 1 aliphatic carbocycles. The van der Waals surface area contributed by atoms with Crippen molar-refractivity contribution in [1.29, 1.82) is 0 Å². The summed E-state index contributed by atoms with van der Waals surface area (Å²) in [4.78, 5) is 5.12. The average molecular weight is 759 g/mol. The van der Waals surface area contributed by atoms with Gasteiger partial charge in [0.15, 0.2) is 0 Å². The molecule has 9 aromatic rings. The monoisotopic (exact) mass is 758 g/mol. The molecule has 0 saturated carbocycles. The summed E-state index contributed by atoms with van der Waals surface area (Å²) in [7, 11) is 0. The summed E-state index contributed by atoms with van der Waals surface area (Å²) >= 11 is 0. The quantitative estimate of drug-likeness (QED) is 0.165. The van der Waals surface area contributed by atoms with Gasteiger partial charge in [0.05, 0.1) is 0 Å². The average Bonchev–Trinajstić information content (AvgIpc) is 3.53. The Morgan fingerprint density at radius 2 is 0.983 bits per heavy atom. The van der Waals surface area contributed by atoms with Crippen LogP contribution in [-0.4, -0.2) is 13.1 Å². The molecular formula is C57H46N2. The van der Waals surface area contributed by atoms with Gasteiger partial charge in [-0.3, -0.25) is 0 Å². The van der Waals surface area contributed by atoms with E-state index in [-0.39, 0.29) is 5.41 Å². The lowest BCUT2D eigenvalue weighted by Gasteiger charge is -2.33. The van der Waals surface area contributed by atoms with Crippen molar-refractivity contribution >= 4 is 55.1 Å². The number of anilines is 4. The van der Waals surface area contributed by atoms with Crippen LogP contribution >= 0.6 is 0 Å². The van der Waals surface area contributed by atoms with E-state index in [0.29, 0.717) is 0 Å². The smallest absolute Gasteiger partial charge is 0.0443 e. The molecule has 0 spiro atoms. The summed E-state index contributed by atoms with van der Waals surface area (Å²) in [6.07, 6.45) is 4.53. The second-order valence-electron chi connectivity index (χ2n) is 17.4. The molecule has 0 saturated heterocycles. The number of hydrogen-bond acceptors (Lipinski definition) is 2. The zero-order chi connectivity index (χ0) is 39.2. The molecule has 59 heavy (non-hydrogen) atoms. The Labute approximate surface area is 347 Å². The first-order valence-corrected chi connectivity index (χ1v) is 21.5. The largest absolute Gasteiger partial charge is 0.341 e. The molecule has 0 radical (unpaired) electrons. The lowest BCUT2D eigenvalue weighted by atomic mass is 9.76. The van der Waals surface area contributed by atoms with Gasteiger partial charge in [0.2, 0.25) is 0 Å². The molecule has 0 fully saturated rings. The minimum Gasteiger partial charge on any atom is -0.341 e. The Balaban J connectivity index is 1.21. The molecule has 2 heterocycles. The topological polar surface area (TPSA) is 6.48 Å². The van der Waals surface area contributed by atoms with Crippen LogP contribution in [-0.2, 0) is 18.3 Å². The lowest BCUT2D eigenvalue weighted by Crippen LogP contribution is -2.24. The van der Waals surface area contributed by atoms with E-state index < -0.39 is 0 Å². The molecule has 0 N–H and O–H groups in total. The number of para-hydroxylation sites is 2. The van der Waals surface area contributed by atoms with Gasteiger partial charge in [-0.2, -0.15) is 0 Å². The fourth-order valence-corrected chi connectivity index (χ4v) is 11.1. The third-order valence-corrected chi connectivity index (χ3v) is 13.8. The second kappa shape index (κ2) is 13.2. The van der Waals surface area contributed by atoms with Crippen LogP contribution in [0.25, 0.3) is 65.7 Å². The van der Waals surface area contributed by atoms with Crippen molar-refractivity contribution in [1.82, 2.24) is 0 Å². The van der Waals surface area contributed by atoms with E-state index in [2.05, 4.69) is 194 Å². The van der Waals surface area contributed by atoms with Gasteiger partial charge < -0.3 is 9.80 Å². The Kier molecular flexibility index (Phi) is 7.69. The third kappa shape index (κ3) is 5.25. The van der Waals surface area contributed by atoms with E-state index in [9.17, 15) is 0 Å². The van der Waals surface area contributed by atoms with E-state index in [0.717, 1.165) is 38.8 Å². The first-order chi connectivity index (χ1) is 29.0. The SMILES string of the molecule is CC1(C)c2ccccc2-c2cccc(-c3c4ccc(N5CCCc6ccccc65)cc4c(-c4ccc5ccccc5c4)c4ccc(N5CCCc6ccccc65)cc34)c21. The van der Waals surface area contributed by atoms with Gasteiger partial charge in [0, 0.05) is 41.3 Å². The van der Waals surface area contributed by atoms with Crippen molar-refractivity contribution in [3.63, 3.8) is 0 Å². The van der Waals surface area contributed by atoms with Gasteiger partial charge in [-0.05, 0) is 156 Å². The summed E-state index contributed by atoms with van der Waals surface area (Å²) < 4.78 is 0. The van der Waals surface area contributed by atoms with Crippen LogP contribution in [0.5, 0.6) is 0 Å². The fraction of sp³-hybridized carbons (Fsp3) is 0.158. The van der Waals surface area contributed by atoms with Crippen LogP contribution in [0.15, 0.2) is 170 Å². The van der Waals surface area contributed by atoms with Gasteiger partial charge >= 0.3 is 0 Å². The molecule has 2 nitrogen and oxygen atoms in total. The Morgan fingerprint density at radius 3 is 1.69 bits per heavy atom. The first kappa shape index (κ1) is 34.4. The van der Waals surface area contributed by atoms with Crippen molar-refractivity contribution < 1.29 is 0 Å². The van der Waals surface area contributed by atoms with Crippen molar-refractivity contribution in [2.45, 2.75) is 44.9 Å². The summed E-state index contributed by atoms with van der Waals surface area (Å²) in [5.41, 5.74) is 18.6. The zero-order valence-corrected chi connectivity index (χ0v) is 33.8. The van der Waals surface area contributed by atoms with Crippen molar-refractivity contribution in [3.8, 4) is 33.4 Å². The summed E-state index contributed by atoms with van der Waals surface area (Å²) in [5.74, 6) is 0. The van der Waals surface area contributed by atoms with E-state index in [1.807, 2.05) is 0 Å². The predicted octanol–water partition coefficient (Wildman–Crippen LogP) is 15.0. The maximum absolute atomic E-state index is 2.56. The maximum Gasteiger partial charge on any atom is 0.0443 e. The van der Waals surface area contributed by atoms with Crippen LogP contribution in [0.3, 0.4) is 0 Å². The van der Waals surface area contributed by atoms with Crippen molar-refractivity contribution in [2.24, 2.45) is 0 Å². The molecule has 2 aliphatic heterocycles. The first-order valence-electron chi connectivity index (χ1n) is 21.5. The Bertz CT molecular complexity index is 3170. The predicted molar refractivity (Wildman–Crippen MR) is 251 cm³/mol. The normalized spacial score (nSPS) is 15.3. The van der Waals surface area contributed by atoms with Gasteiger partial charge in [-0.15, -0.1) is 0 Å². The minimum absolute atomic E-state index is 0.168. The molecule has 2 heteroatoms. The Hall–Kier alpha value is -6.64. The maximum atomic E-state index is 2.56. The van der Waals surface area contributed by atoms with Crippen molar-refractivity contribution in [3.05, 3.63) is 192 Å². The van der Waals surface area contributed by atoms with Crippen molar-refractivity contribution in [2.75, 3.05) is 22.9 Å². The highest BCUT2D eigenvalue weighted by Crippen LogP contribution is 2.55. The second-order valence-corrected chi connectivity index (χ2v) is 17.4. The number of rotatable bonds is 4. The molecule has 0 atom stereocenters. The zero-order valence-electron chi connectivity index (χ0n) is 33.8. The van der Waals surface area contributed by atoms with E-state index in [1.165, 1.54) is 111 Å². The summed E-state index contributed by atoms with van der Waals surface area (Å²) in [6, 6.07) is 64.7. The van der Waals surface area contributed by atoms with Crippen LogP contribution in [0, 0.1) is 0 Å². The number of benzene rings is 9. The standard InChI is InChI=1S/C57H46N2/c1-57(2)51-23-8-7-20-44(51)47-21-11-22-48(56(47)57)55-46-31-29-42(58-32-12-18-38-15-5-9-24-52(38)58)35-49(46)54(41-27-26-37-14-3-4-17-40(37)34-41)45-30-28-43(36-50(45)55)59-33-13-19-39-16-6-10-25-53(39)59/h3-11,14-17,20-31,34-36H,12-13,18-19,32-33H2,1-2H3. The highest BCUT2D eigenvalue weighted by Gasteiger charge is 2.38. The Morgan fingerprint density at radius 1 is 0.424 bits per heavy atom. The molecule has 0 amide bonds. The fourth-order valence-electron chi connectivity index (χ4n) is 11.1. The van der Waals surface area contributed by atoms with E-state index >= 15 is 0 Å². The van der Waals surface area contributed by atoms with Crippen LogP contribution in [0.4, 0.5) is 22.7 Å². The molecule has 0 unspecified atom stereocenters. The van der Waals surface area contributed by atoms with Crippen LogP contribution < -0.4 is 9.80 Å². The molecule has 3 aliphatic rings. The molecule has 9 aromatic carbocycles. The van der Waals surface area contributed by atoms with Gasteiger partial charge in [-0.1, -0.05) is 141 Å². The van der Waals surface area contributed by atoms with Crippen LogP contribution in [0.2, 0.25) is 0 Å². The van der Waals surface area contributed by atoms with Gasteiger partial charge in [0.1, 0.15) is 0 Å². The highest BCUT2D eigenvalue weighted by atomic mass is 15.1. The molecule has 0 aromatic heterocycles.